The van der Waals surface area contributed by atoms with E-state index in [0.29, 0.717) is 13.0 Å². The van der Waals surface area contributed by atoms with Crippen LogP contribution in [0, 0.1) is 11.8 Å². The van der Waals surface area contributed by atoms with Crippen LogP contribution in [0.5, 0.6) is 0 Å². The number of nitrogens with zero attached hydrogens (tertiary/aromatic N) is 1. The fourth-order valence-corrected chi connectivity index (χ4v) is 3.99. The van der Waals surface area contributed by atoms with Gasteiger partial charge in [-0.2, -0.15) is 0 Å². The summed E-state index contributed by atoms with van der Waals surface area (Å²) in [6, 6.07) is 38.6. The molecule has 0 fully saturated rings. The van der Waals surface area contributed by atoms with Gasteiger partial charge in [-0.05, 0) is 34.9 Å². The van der Waals surface area contributed by atoms with Crippen molar-refractivity contribution in [1.82, 2.24) is 4.90 Å². The van der Waals surface area contributed by atoms with Gasteiger partial charge in [0.2, 0.25) is 0 Å². The quantitative estimate of drug-likeness (QED) is 0.357. The van der Waals surface area contributed by atoms with Gasteiger partial charge in [0.15, 0.2) is 0 Å². The SMILES string of the molecule is CN(CC#CCC(O)(c1ccccc1)c1ccc(-c2ccccc2)cc1)Cc1ccccc1. The minimum Gasteiger partial charge on any atom is -0.379 e. The van der Waals surface area contributed by atoms with Gasteiger partial charge in [-0.15, -0.1) is 0 Å². The van der Waals surface area contributed by atoms with Crippen LogP contribution in [0.25, 0.3) is 11.1 Å². The number of benzene rings is 4. The van der Waals surface area contributed by atoms with Crippen LogP contribution in [0.4, 0.5) is 0 Å². The van der Waals surface area contributed by atoms with Crippen molar-refractivity contribution >= 4 is 0 Å². The van der Waals surface area contributed by atoms with Crippen LogP contribution < -0.4 is 0 Å². The second-order valence-electron chi connectivity index (χ2n) is 8.36. The summed E-state index contributed by atoms with van der Waals surface area (Å²) in [5.41, 5.74) is 4.09. The second-order valence-corrected chi connectivity index (χ2v) is 8.36. The second kappa shape index (κ2) is 10.8. The first-order valence-electron chi connectivity index (χ1n) is 11.3. The average Bonchev–Trinajstić information content (AvgIpc) is 2.88. The largest absolute Gasteiger partial charge is 0.379 e. The lowest BCUT2D eigenvalue weighted by atomic mass is 9.83. The van der Waals surface area contributed by atoms with Crippen LogP contribution in [-0.4, -0.2) is 23.6 Å². The summed E-state index contributed by atoms with van der Waals surface area (Å²) in [6.07, 6.45) is 0.334. The summed E-state index contributed by atoms with van der Waals surface area (Å²) in [6.45, 7) is 1.49. The Kier molecular flexibility index (Phi) is 7.37. The van der Waals surface area contributed by atoms with Crippen LogP contribution >= 0.6 is 0 Å². The Bertz CT molecular complexity index is 1190. The highest BCUT2D eigenvalue weighted by molar-refractivity contribution is 5.64. The van der Waals surface area contributed by atoms with Gasteiger partial charge in [0.05, 0.1) is 6.54 Å². The van der Waals surface area contributed by atoms with Gasteiger partial charge in [-0.3, -0.25) is 4.90 Å². The number of aliphatic hydroxyl groups is 1. The maximum absolute atomic E-state index is 11.8. The van der Waals surface area contributed by atoms with Crippen molar-refractivity contribution in [3.63, 3.8) is 0 Å². The molecule has 164 valence electrons. The maximum Gasteiger partial charge on any atom is 0.125 e. The fourth-order valence-electron chi connectivity index (χ4n) is 3.99. The summed E-state index contributed by atoms with van der Waals surface area (Å²) in [7, 11) is 2.06. The molecule has 4 aromatic rings. The highest BCUT2D eigenvalue weighted by Crippen LogP contribution is 2.34. The van der Waals surface area contributed by atoms with Gasteiger partial charge < -0.3 is 5.11 Å². The molecule has 0 aliphatic rings. The highest BCUT2D eigenvalue weighted by atomic mass is 16.3. The van der Waals surface area contributed by atoms with E-state index in [9.17, 15) is 5.11 Å². The van der Waals surface area contributed by atoms with Gasteiger partial charge >= 0.3 is 0 Å². The third-order valence-corrected chi connectivity index (χ3v) is 5.83. The van der Waals surface area contributed by atoms with Gasteiger partial charge in [-0.1, -0.05) is 127 Å². The van der Waals surface area contributed by atoms with E-state index in [1.807, 2.05) is 66.7 Å². The van der Waals surface area contributed by atoms with E-state index >= 15 is 0 Å². The zero-order valence-corrected chi connectivity index (χ0v) is 19.0. The molecule has 0 saturated carbocycles. The highest BCUT2D eigenvalue weighted by Gasteiger charge is 2.30. The van der Waals surface area contributed by atoms with E-state index in [4.69, 9.17) is 0 Å². The molecule has 2 nitrogen and oxygen atoms in total. The summed E-state index contributed by atoms with van der Waals surface area (Å²) in [5.74, 6) is 6.50. The Balaban J connectivity index is 1.52. The first kappa shape index (κ1) is 22.6. The average molecular weight is 432 g/mol. The van der Waals surface area contributed by atoms with E-state index in [2.05, 4.69) is 72.3 Å². The van der Waals surface area contributed by atoms with Crippen LogP contribution in [0.15, 0.2) is 115 Å². The molecule has 1 atom stereocenters. The molecular formula is C31H29NO. The Morgan fingerprint density at radius 2 is 1.15 bits per heavy atom. The lowest BCUT2D eigenvalue weighted by molar-refractivity contribution is 0.0865. The monoisotopic (exact) mass is 431 g/mol. The Labute approximate surface area is 197 Å². The summed E-state index contributed by atoms with van der Waals surface area (Å²) in [5, 5.41) is 11.8. The van der Waals surface area contributed by atoms with Crippen LogP contribution in [0.3, 0.4) is 0 Å². The predicted octanol–water partition coefficient (Wildman–Crippen LogP) is 6.12. The standard InChI is InChI=1S/C31H29NO/c1-32(25-26-13-5-2-6-14-26)24-12-11-23-31(33,29-17-9-4-10-18-29)30-21-19-28(20-22-30)27-15-7-3-8-16-27/h2-10,13-22,33H,23-25H2,1H3. The molecule has 0 radical (unpaired) electrons. The van der Waals surface area contributed by atoms with Gasteiger partial charge in [0.1, 0.15) is 5.60 Å². The van der Waals surface area contributed by atoms with Crippen molar-refractivity contribution in [3.05, 3.63) is 132 Å². The third-order valence-electron chi connectivity index (χ3n) is 5.83. The summed E-state index contributed by atoms with van der Waals surface area (Å²) >= 11 is 0. The number of hydrogen-bond donors (Lipinski definition) is 1. The van der Waals surface area contributed by atoms with Crippen LogP contribution in [0.1, 0.15) is 23.1 Å². The van der Waals surface area contributed by atoms with E-state index in [0.717, 1.165) is 28.8 Å². The molecule has 0 amide bonds. The molecule has 1 N–H and O–H groups in total. The Hall–Kier alpha value is -3.64. The normalized spacial score (nSPS) is 12.6. The smallest absolute Gasteiger partial charge is 0.125 e. The Morgan fingerprint density at radius 3 is 1.79 bits per heavy atom. The van der Waals surface area contributed by atoms with Crippen molar-refractivity contribution < 1.29 is 5.11 Å². The minimum absolute atomic E-state index is 0.334. The zero-order valence-electron chi connectivity index (χ0n) is 19.0. The topological polar surface area (TPSA) is 23.5 Å². The molecule has 0 bridgehead atoms. The zero-order chi connectivity index (χ0) is 22.9. The number of rotatable bonds is 7. The molecular weight excluding hydrogens is 402 g/mol. The van der Waals surface area contributed by atoms with E-state index in [1.165, 1.54) is 5.56 Å². The van der Waals surface area contributed by atoms with Crippen LogP contribution in [-0.2, 0) is 12.1 Å². The first-order valence-corrected chi connectivity index (χ1v) is 11.3. The van der Waals surface area contributed by atoms with Gasteiger partial charge in [-0.25, -0.2) is 0 Å². The van der Waals surface area contributed by atoms with Gasteiger partial charge in [0.25, 0.3) is 0 Å². The van der Waals surface area contributed by atoms with Crippen molar-refractivity contribution in [2.75, 3.05) is 13.6 Å². The molecule has 1 unspecified atom stereocenters. The summed E-state index contributed by atoms with van der Waals surface area (Å²) < 4.78 is 0. The molecule has 33 heavy (non-hydrogen) atoms. The van der Waals surface area contributed by atoms with Crippen molar-refractivity contribution in [3.8, 4) is 23.0 Å². The fraction of sp³-hybridized carbons (Fsp3) is 0.161. The molecule has 0 saturated heterocycles. The molecule has 0 aromatic heterocycles. The van der Waals surface area contributed by atoms with E-state index in [1.54, 1.807) is 0 Å². The van der Waals surface area contributed by atoms with Crippen LogP contribution in [0.2, 0.25) is 0 Å². The molecule has 4 aromatic carbocycles. The van der Waals surface area contributed by atoms with E-state index in [-0.39, 0.29) is 0 Å². The van der Waals surface area contributed by atoms with Crippen molar-refractivity contribution in [2.45, 2.75) is 18.6 Å². The molecule has 4 rings (SSSR count). The molecule has 2 heteroatoms. The molecule has 0 aliphatic heterocycles. The predicted molar refractivity (Wildman–Crippen MR) is 136 cm³/mol. The molecule has 0 aliphatic carbocycles. The lowest BCUT2D eigenvalue weighted by Crippen LogP contribution is -2.27. The van der Waals surface area contributed by atoms with Crippen molar-refractivity contribution in [1.29, 1.82) is 0 Å². The first-order chi connectivity index (χ1) is 16.1. The number of hydrogen-bond acceptors (Lipinski definition) is 2. The lowest BCUT2D eigenvalue weighted by Gasteiger charge is -2.27. The maximum atomic E-state index is 11.8. The third kappa shape index (κ3) is 5.79. The van der Waals surface area contributed by atoms with Gasteiger partial charge in [0, 0.05) is 13.0 Å². The summed E-state index contributed by atoms with van der Waals surface area (Å²) in [4.78, 5) is 2.18. The Morgan fingerprint density at radius 1 is 0.636 bits per heavy atom. The van der Waals surface area contributed by atoms with Crippen molar-refractivity contribution in [2.24, 2.45) is 0 Å². The minimum atomic E-state index is -1.17. The van der Waals surface area contributed by atoms with E-state index < -0.39 is 5.60 Å². The molecule has 0 heterocycles. The molecule has 0 spiro atoms.